The minimum Gasteiger partial charge on any atom is -0.497 e. The maximum absolute atomic E-state index is 14.1. The van der Waals surface area contributed by atoms with Crippen molar-refractivity contribution in [1.29, 1.82) is 0 Å². The molecule has 0 saturated heterocycles. The van der Waals surface area contributed by atoms with E-state index in [0.717, 1.165) is 29.7 Å². The van der Waals surface area contributed by atoms with E-state index in [2.05, 4.69) is 10.1 Å². The summed E-state index contributed by atoms with van der Waals surface area (Å²) >= 11 is 1.04. The molecule has 2 aliphatic rings. The number of fused-ring (bicyclic) bond motifs is 1. The summed E-state index contributed by atoms with van der Waals surface area (Å²) in [5.41, 5.74) is -1.38. The maximum atomic E-state index is 14.1. The van der Waals surface area contributed by atoms with Crippen molar-refractivity contribution in [2.75, 3.05) is 12.1 Å². The van der Waals surface area contributed by atoms with E-state index in [1.165, 1.54) is 0 Å². The van der Waals surface area contributed by atoms with Crippen LogP contribution in [0.25, 0.3) is 11.3 Å². The average Bonchev–Trinajstić information content (AvgIpc) is 3.31. The molecule has 1 fully saturated rings. The number of nitrogens with zero attached hydrogens (tertiary/aromatic N) is 3. The van der Waals surface area contributed by atoms with Crippen molar-refractivity contribution >= 4 is 22.2 Å². The Hall–Kier alpha value is -2.13. The van der Waals surface area contributed by atoms with E-state index in [1.807, 2.05) is 6.92 Å². The van der Waals surface area contributed by atoms with Gasteiger partial charge in [-0.1, -0.05) is 13.3 Å². The van der Waals surface area contributed by atoms with Crippen molar-refractivity contribution in [3.8, 4) is 17.0 Å². The number of benzene rings is 1. The van der Waals surface area contributed by atoms with Crippen LogP contribution < -0.4 is 9.75 Å². The number of hydrogen-bond donors (Lipinski definition) is 1. The van der Waals surface area contributed by atoms with Gasteiger partial charge in [-0.3, -0.25) is 0 Å². The van der Waals surface area contributed by atoms with Crippen LogP contribution in [0.3, 0.4) is 0 Å². The highest BCUT2D eigenvalue weighted by atomic mass is 32.1. The minimum absolute atomic E-state index is 0.0330. The molecule has 156 valence electrons. The molecule has 1 N–H and O–H groups in total. The molecule has 1 saturated carbocycles. The van der Waals surface area contributed by atoms with E-state index in [-0.39, 0.29) is 17.5 Å². The molecule has 0 amide bonds. The fourth-order valence-corrected chi connectivity index (χ4v) is 4.95. The van der Waals surface area contributed by atoms with E-state index < -0.39 is 17.8 Å². The van der Waals surface area contributed by atoms with Gasteiger partial charge < -0.3 is 9.84 Å². The number of halogens is 3. The largest absolute Gasteiger partial charge is 0.497 e. The van der Waals surface area contributed by atoms with Crippen LogP contribution in [0.5, 0.6) is 5.75 Å². The molecule has 4 rings (SSSR count). The van der Waals surface area contributed by atoms with Gasteiger partial charge in [0, 0.05) is 16.7 Å². The second kappa shape index (κ2) is 7.28. The van der Waals surface area contributed by atoms with Crippen molar-refractivity contribution in [2.24, 2.45) is 16.9 Å². The van der Waals surface area contributed by atoms with Gasteiger partial charge in [0.2, 0.25) is 5.13 Å². The molecule has 3 atom stereocenters. The highest BCUT2D eigenvalue weighted by Gasteiger charge is 2.68. The van der Waals surface area contributed by atoms with Crippen molar-refractivity contribution in [2.45, 2.75) is 44.5 Å². The van der Waals surface area contributed by atoms with Crippen molar-refractivity contribution in [1.82, 2.24) is 4.98 Å². The molecule has 0 radical (unpaired) electrons. The third-order valence-corrected chi connectivity index (χ3v) is 6.69. The topological polar surface area (TPSA) is 58.0 Å². The van der Waals surface area contributed by atoms with Crippen LogP contribution in [0.2, 0.25) is 0 Å². The lowest BCUT2D eigenvalue weighted by atomic mass is 9.74. The van der Waals surface area contributed by atoms with Crippen molar-refractivity contribution < 1.29 is 23.0 Å². The van der Waals surface area contributed by atoms with E-state index in [9.17, 15) is 18.3 Å². The predicted octanol–water partition coefficient (Wildman–Crippen LogP) is 5.07. The molecular weight excluding hydrogens is 403 g/mol. The zero-order chi connectivity index (χ0) is 20.8. The van der Waals surface area contributed by atoms with Gasteiger partial charge in [-0.15, -0.1) is 11.3 Å². The Morgan fingerprint density at radius 1 is 1.31 bits per heavy atom. The van der Waals surface area contributed by atoms with Gasteiger partial charge in [-0.25, -0.2) is 4.98 Å². The number of alkyl halides is 3. The Labute approximate surface area is 170 Å². The fraction of sp³-hybridized carbons (Fsp3) is 0.500. The summed E-state index contributed by atoms with van der Waals surface area (Å²) in [6.45, 7) is 1.97. The summed E-state index contributed by atoms with van der Waals surface area (Å²) in [6.07, 6.45) is -2.53. The molecular formula is C20H22F3N3O2S. The van der Waals surface area contributed by atoms with Gasteiger partial charge in [-0.05, 0) is 49.4 Å². The maximum Gasteiger partial charge on any atom is 0.439 e. The lowest BCUT2D eigenvalue weighted by Crippen LogP contribution is -2.60. The molecule has 9 heteroatoms. The SMILES string of the molecule is CC[C@@H]1CCC2=NN(c3nc(-c4ccc(OC)cc4)cs3)[C@@](O)(C(F)(F)F)[C@@H]2C1. The number of aromatic nitrogens is 1. The van der Waals surface area contributed by atoms with Gasteiger partial charge in [0.05, 0.1) is 18.7 Å². The van der Waals surface area contributed by atoms with Gasteiger partial charge in [-0.2, -0.15) is 23.3 Å². The monoisotopic (exact) mass is 425 g/mol. The van der Waals surface area contributed by atoms with E-state index in [1.54, 1.807) is 36.8 Å². The summed E-state index contributed by atoms with van der Waals surface area (Å²) in [5, 5.41) is 17.5. The average molecular weight is 425 g/mol. The van der Waals surface area contributed by atoms with Crippen LogP contribution >= 0.6 is 11.3 Å². The third-order valence-electron chi connectivity index (χ3n) is 5.87. The number of rotatable bonds is 4. The first-order chi connectivity index (χ1) is 13.8. The summed E-state index contributed by atoms with van der Waals surface area (Å²) in [4.78, 5) is 4.36. The predicted molar refractivity (Wildman–Crippen MR) is 106 cm³/mol. The summed E-state index contributed by atoms with van der Waals surface area (Å²) in [5.74, 6) is -0.232. The zero-order valence-electron chi connectivity index (χ0n) is 16.1. The highest BCUT2D eigenvalue weighted by Crippen LogP contribution is 2.51. The molecule has 1 aromatic heterocycles. The Bertz CT molecular complexity index is 912. The first kappa shape index (κ1) is 20.2. The number of hydrazone groups is 1. The van der Waals surface area contributed by atoms with E-state index >= 15 is 0 Å². The molecule has 1 aliphatic heterocycles. The number of aliphatic hydroxyl groups is 1. The summed E-state index contributed by atoms with van der Waals surface area (Å²) in [6, 6.07) is 7.09. The molecule has 2 aromatic rings. The number of methoxy groups -OCH3 is 1. The quantitative estimate of drug-likeness (QED) is 0.743. The van der Waals surface area contributed by atoms with Crippen LogP contribution in [0.15, 0.2) is 34.7 Å². The van der Waals surface area contributed by atoms with Crippen LogP contribution in [-0.2, 0) is 0 Å². The van der Waals surface area contributed by atoms with Crippen molar-refractivity contribution in [3.63, 3.8) is 0 Å². The second-order valence-electron chi connectivity index (χ2n) is 7.47. The molecule has 0 unspecified atom stereocenters. The molecule has 2 heterocycles. The number of anilines is 1. The molecule has 0 bridgehead atoms. The minimum atomic E-state index is -4.86. The van der Waals surface area contributed by atoms with Crippen LogP contribution in [0.1, 0.15) is 32.6 Å². The molecule has 1 aromatic carbocycles. The summed E-state index contributed by atoms with van der Waals surface area (Å²) in [7, 11) is 1.56. The van der Waals surface area contributed by atoms with Gasteiger partial charge in [0.15, 0.2) is 0 Å². The number of thiazole rings is 1. The van der Waals surface area contributed by atoms with Gasteiger partial charge >= 0.3 is 6.18 Å². The molecule has 1 aliphatic carbocycles. The number of hydrogen-bond acceptors (Lipinski definition) is 6. The Morgan fingerprint density at radius 2 is 2.03 bits per heavy atom. The Balaban J connectivity index is 1.70. The normalized spacial score (nSPS) is 27.0. The Morgan fingerprint density at radius 3 is 2.66 bits per heavy atom. The number of ether oxygens (including phenoxy) is 1. The fourth-order valence-electron chi connectivity index (χ4n) is 4.12. The molecule has 5 nitrogen and oxygen atoms in total. The smallest absolute Gasteiger partial charge is 0.439 e. The second-order valence-corrected chi connectivity index (χ2v) is 8.31. The molecule has 0 spiro atoms. The van der Waals surface area contributed by atoms with Crippen LogP contribution in [-0.4, -0.2) is 34.8 Å². The first-order valence-corrected chi connectivity index (χ1v) is 10.4. The highest BCUT2D eigenvalue weighted by molar-refractivity contribution is 7.14. The zero-order valence-corrected chi connectivity index (χ0v) is 16.9. The summed E-state index contributed by atoms with van der Waals surface area (Å²) < 4.78 is 47.4. The first-order valence-electron chi connectivity index (χ1n) is 9.54. The standard InChI is InChI=1S/C20H22F3N3O2S/c1-3-12-4-9-16-15(10-12)19(27,20(21,22)23)26(25-16)18-24-17(11-29-18)13-5-7-14(28-2)8-6-13/h5-8,11-12,15,27H,3-4,9-10H2,1-2H3/t12-,15-,19+/m1/s1. The lowest BCUT2D eigenvalue weighted by Gasteiger charge is -2.39. The lowest BCUT2D eigenvalue weighted by molar-refractivity contribution is -0.270. The van der Waals surface area contributed by atoms with Crippen LogP contribution in [0, 0.1) is 11.8 Å². The van der Waals surface area contributed by atoms with Gasteiger partial charge in [0.1, 0.15) is 5.75 Å². The van der Waals surface area contributed by atoms with E-state index in [4.69, 9.17) is 4.74 Å². The van der Waals surface area contributed by atoms with Crippen LogP contribution in [0.4, 0.5) is 18.3 Å². The van der Waals surface area contributed by atoms with Crippen molar-refractivity contribution in [3.05, 3.63) is 29.6 Å². The third kappa shape index (κ3) is 3.30. The van der Waals surface area contributed by atoms with Gasteiger partial charge in [0.25, 0.3) is 5.72 Å². The molecule has 29 heavy (non-hydrogen) atoms. The van der Waals surface area contributed by atoms with E-state index in [0.29, 0.717) is 28.6 Å². The Kier molecular flexibility index (Phi) is 5.06.